The fourth-order valence-corrected chi connectivity index (χ4v) is 5.46. The predicted octanol–water partition coefficient (Wildman–Crippen LogP) is 4.28. The van der Waals surface area contributed by atoms with Gasteiger partial charge in [-0.15, -0.1) is 10.2 Å². The number of nitrogens with zero attached hydrogens (tertiary/aromatic N) is 5. The lowest BCUT2D eigenvalue weighted by atomic mass is 9.85. The molecule has 3 aliphatic rings. The second-order valence-electron chi connectivity index (χ2n) is 8.89. The van der Waals surface area contributed by atoms with Crippen molar-refractivity contribution >= 4 is 17.5 Å². The average Bonchev–Trinajstić information content (AvgIpc) is 3.66. The number of piperidine rings is 1. The van der Waals surface area contributed by atoms with Gasteiger partial charge in [-0.05, 0) is 60.6 Å². The quantitative estimate of drug-likeness (QED) is 0.569. The number of rotatable bonds is 6. The van der Waals surface area contributed by atoms with Crippen LogP contribution in [0.1, 0.15) is 18.7 Å². The minimum absolute atomic E-state index is 0.535. The van der Waals surface area contributed by atoms with Crippen LogP contribution in [-0.2, 0) is 0 Å². The number of benzene rings is 1. The van der Waals surface area contributed by atoms with Gasteiger partial charge < -0.3 is 14.1 Å². The Kier molecular flexibility index (Phi) is 4.60. The second-order valence-corrected chi connectivity index (χ2v) is 9.32. The Morgan fingerprint density at radius 2 is 1.87 bits per heavy atom. The number of fused-ring (bicyclic) bond motifs is 1. The average molecular weight is 438 g/mol. The van der Waals surface area contributed by atoms with Crippen LogP contribution in [0.5, 0.6) is 5.75 Å². The minimum Gasteiger partial charge on any atom is -0.493 e. The highest BCUT2D eigenvalue weighted by atomic mass is 35.5. The smallest absolute Gasteiger partial charge is 0.247 e. The molecule has 2 atom stereocenters. The van der Waals surface area contributed by atoms with Gasteiger partial charge in [0.15, 0.2) is 0 Å². The highest BCUT2D eigenvalue weighted by Crippen LogP contribution is 2.76. The van der Waals surface area contributed by atoms with Crippen LogP contribution in [0.3, 0.4) is 0 Å². The fourth-order valence-electron chi connectivity index (χ4n) is 5.37. The lowest BCUT2D eigenvalue weighted by Crippen LogP contribution is -2.36. The highest BCUT2D eigenvalue weighted by Gasteiger charge is 2.74. The molecular weight excluding hydrogens is 414 g/mol. The van der Waals surface area contributed by atoms with Crippen molar-refractivity contribution < 1.29 is 9.15 Å². The zero-order chi connectivity index (χ0) is 20.9. The molecule has 0 amide bonds. The van der Waals surface area contributed by atoms with Crippen LogP contribution in [0.2, 0.25) is 5.02 Å². The molecule has 6 rings (SSSR count). The van der Waals surface area contributed by atoms with Gasteiger partial charge in [0.25, 0.3) is 0 Å². The summed E-state index contributed by atoms with van der Waals surface area (Å²) in [5.41, 5.74) is 0.897. The van der Waals surface area contributed by atoms with Crippen molar-refractivity contribution in [2.75, 3.05) is 24.6 Å². The third-order valence-electron chi connectivity index (χ3n) is 7.06. The summed E-state index contributed by atoms with van der Waals surface area (Å²) in [7, 11) is 0. The van der Waals surface area contributed by atoms with Crippen molar-refractivity contribution in [2.45, 2.75) is 19.8 Å². The number of halogens is 1. The predicted molar refractivity (Wildman–Crippen MR) is 116 cm³/mol. The van der Waals surface area contributed by atoms with Crippen molar-refractivity contribution in [3.63, 3.8) is 0 Å². The van der Waals surface area contributed by atoms with E-state index in [1.165, 1.54) is 12.8 Å². The van der Waals surface area contributed by atoms with E-state index in [2.05, 4.69) is 25.1 Å². The van der Waals surface area contributed by atoms with Crippen LogP contribution >= 0.6 is 11.6 Å². The third kappa shape index (κ3) is 3.65. The molecule has 0 bridgehead atoms. The molecule has 1 saturated heterocycles. The number of hydrogen-bond donors (Lipinski definition) is 0. The Labute approximate surface area is 185 Å². The van der Waals surface area contributed by atoms with Crippen molar-refractivity contribution in [3.8, 4) is 17.2 Å². The number of hydrogen-bond acceptors (Lipinski definition) is 7. The molecule has 2 aliphatic carbocycles. The number of ether oxygens (including phenoxy) is 1. The van der Waals surface area contributed by atoms with Crippen LogP contribution in [0.25, 0.3) is 11.5 Å². The molecular formula is C23H24ClN5O2. The summed E-state index contributed by atoms with van der Waals surface area (Å²) in [6.07, 6.45) is 5.80. The number of anilines is 1. The molecule has 3 fully saturated rings. The standard InChI is InChI=1S/C23H24ClN5O2/c1-13-27-28-22(31-13)15-3-2-4-17(9-15)30-12-18-20-19(21(18)20)14-5-7-29(8-6-14)23-25-10-16(24)11-26-23/h2-4,9-11,14,18-21H,5-8,12H2,1H3. The van der Waals surface area contributed by atoms with Crippen molar-refractivity contribution in [3.05, 3.63) is 47.6 Å². The Morgan fingerprint density at radius 1 is 1.10 bits per heavy atom. The SMILES string of the molecule is Cc1nnc(-c2cccc(OCC3C4C(C5CCN(c6ncc(Cl)cn6)CC5)C34)c2)o1. The summed E-state index contributed by atoms with van der Waals surface area (Å²) < 4.78 is 11.6. The van der Waals surface area contributed by atoms with Crippen molar-refractivity contribution in [2.24, 2.45) is 29.6 Å². The Hall–Kier alpha value is -2.67. The zero-order valence-corrected chi connectivity index (χ0v) is 18.1. The molecule has 7 nitrogen and oxygen atoms in total. The van der Waals surface area contributed by atoms with E-state index in [9.17, 15) is 0 Å². The van der Waals surface area contributed by atoms with E-state index in [0.29, 0.717) is 16.8 Å². The molecule has 0 radical (unpaired) electrons. The largest absolute Gasteiger partial charge is 0.493 e. The van der Waals surface area contributed by atoms with E-state index < -0.39 is 0 Å². The van der Waals surface area contributed by atoms with Gasteiger partial charge in [0, 0.05) is 25.6 Å². The van der Waals surface area contributed by atoms with E-state index in [1.54, 1.807) is 19.3 Å². The van der Waals surface area contributed by atoms with Gasteiger partial charge in [0.05, 0.1) is 24.0 Å². The van der Waals surface area contributed by atoms with Gasteiger partial charge in [-0.2, -0.15) is 0 Å². The Balaban J connectivity index is 0.973. The summed E-state index contributed by atoms with van der Waals surface area (Å²) in [5.74, 6) is 6.95. The van der Waals surface area contributed by atoms with Crippen LogP contribution in [0, 0.1) is 36.5 Å². The maximum atomic E-state index is 6.09. The number of aromatic nitrogens is 4. The topological polar surface area (TPSA) is 77.2 Å². The zero-order valence-electron chi connectivity index (χ0n) is 17.3. The minimum atomic E-state index is 0.535. The maximum Gasteiger partial charge on any atom is 0.247 e. The van der Waals surface area contributed by atoms with Gasteiger partial charge in [0.1, 0.15) is 5.75 Å². The molecule has 2 unspecified atom stereocenters. The van der Waals surface area contributed by atoms with E-state index in [0.717, 1.165) is 66.5 Å². The molecule has 3 heterocycles. The Morgan fingerprint density at radius 3 is 2.58 bits per heavy atom. The van der Waals surface area contributed by atoms with Crippen LogP contribution in [0.4, 0.5) is 5.95 Å². The summed E-state index contributed by atoms with van der Waals surface area (Å²) in [5, 5.41) is 8.57. The number of aryl methyl sites for hydroxylation is 1. The van der Waals surface area contributed by atoms with E-state index in [1.807, 2.05) is 24.3 Å². The highest BCUT2D eigenvalue weighted by molar-refractivity contribution is 6.30. The molecule has 3 aromatic rings. The van der Waals surface area contributed by atoms with E-state index in [4.69, 9.17) is 20.8 Å². The van der Waals surface area contributed by atoms with Gasteiger partial charge in [-0.25, -0.2) is 9.97 Å². The van der Waals surface area contributed by atoms with Crippen LogP contribution in [-0.4, -0.2) is 39.9 Å². The van der Waals surface area contributed by atoms with Crippen LogP contribution in [0.15, 0.2) is 41.1 Å². The molecule has 160 valence electrons. The summed E-state index contributed by atoms with van der Waals surface area (Å²) >= 11 is 5.90. The first kappa shape index (κ1) is 19.0. The van der Waals surface area contributed by atoms with Gasteiger partial charge >= 0.3 is 0 Å². The van der Waals surface area contributed by atoms with Crippen LogP contribution < -0.4 is 9.64 Å². The van der Waals surface area contributed by atoms with Gasteiger partial charge in [-0.3, -0.25) is 0 Å². The van der Waals surface area contributed by atoms with E-state index >= 15 is 0 Å². The molecule has 2 aromatic heterocycles. The second kappa shape index (κ2) is 7.48. The molecule has 0 N–H and O–H groups in total. The van der Waals surface area contributed by atoms with Gasteiger partial charge in [0.2, 0.25) is 17.7 Å². The molecule has 2 saturated carbocycles. The first-order valence-corrected chi connectivity index (χ1v) is 11.3. The first-order valence-electron chi connectivity index (χ1n) is 10.9. The van der Waals surface area contributed by atoms with Crippen molar-refractivity contribution in [1.82, 2.24) is 20.2 Å². The maximum absolute atomic E-state index is 6.09. The summed E-state index contributed by atoms with van der Waals surface area (Å²) in [6.45, 7) is 4.66. The summed E-state index contributed by atoms with van der Waals surface area (Å²) in [6, 6.07) is 7.91. The lowest BCUT2D eigenvalue weighted by molar-refractivity contribution is 0.214. The normalized spacial score (nSPS) is 27.1. The molecule has 31 heavy (non-hydrogen) atoms. The lowest BCUT2D eigenvalue weighted by Gasteiger charge is -2.34. The fraction of sp³-hybridized carbons (Fsp3) is 0.478. The first-order chi connectivity index (χ1) is 15.2. The Bertz CT molecular complexity index is 1070. The molecule has 0 spiro atoms. The molecule has 1 aromatic carbocycles. The monoisotopic (exact) mass is 437 g/mol. The van der Waals surface area contributed by atoms with Gasteiger partial charge in [-0.1, -0.05) is 17.7 Å². The van der Waals surface area contributed by atoms with Crippen molar-refractivity contribution in [1.29, 1.82) is 0 Å². The van der Waals surface area contributed by atoms with E-state index in [-0.39, 0.29) is 0 Å². The third-order valence-corrected chi connectivity index (χ3v) is 7.26. The molecule has 1 aliphatic heterocycles. The summed E-state index contributed by atoms with van der Waals surface area (Å²) in [4.78, 5) is 11.0. The molecule has 8 heteroatoms.